The molecule has 25 heavy (non-hydrogen) atoms. The van der Waals surface area contributed by atoms with E-state index in [0.29, 0.717) is 17.9 Å². The maximum Gasteiger partial charge on any atom is 0.341 e. The van der Waals surface area contributed by atoms with Crippen LogP contribution >= 0.6 is 11.8 Å². The van der Waals surface area contributed by atoms with E-state index < -0.39 is 12.6 Å². The first kappa shape index (κ1) is 18.9. The first-order chi connectivity index (χ1) is 12.0. The third-order valence-electron chi connectivity index (χ3n) is 3.50. The topological polar surface area (TPSA) is 75.6 Å². The molecule has 2 aromatic carbocycles. The third kappa shape index (κ3) is 5.83. The van der Waals surface area contributed by atoms with Gasteiger partial charge in [-0.1, -0.05) is 25.1 Å². The summed E-state index contributed by atoms with van der Waals surface area (Å²) in [6, 6.07) is 14.9. The van der Waals surface area contributed by atoms with Gasteiger partial charge in [0.15, 0.2) is 6.61 Å². The van der Waals surface area contributed by atoms with Crippen LogP contribution in [0.2, 0.25) is 0 Å². The molecule has 2 rings (SSSR count). The minimum absolute atomic E-state index is 0.0568. The minimum Gasteiger partial charge on any atom is -0.482 e. The van der Waals surface area contributed by atoms with Gasteiger partial charge in [-0.3, -0.25) is 4.79 Å². The number of anilines is 1. The second kappa shape index (κ2) is 9.13. The Hall–Kier alpha value is -2.47. The predicted molar refractivity (Wildman–Crippen MR) is 99.3 cm³/mol. The van der Waals surface area contributed by atoms with Crippen molar-refractivity contribution in [1.82, 2.24) is 0 Å². The van der Waals surface area contributed by atoms with E-state index in [4.69, 9.17) is 9.84 Å². The summed E-state index contributed by atoms with van der Waals surface area (Å²) in [6.07, 6.45) is 0.713. The van der Waals surface area contributed by atoms with Crippen molar-refractivity contribution in [3.05, 3.63) is 54.1 Å². The number of nitrogens with one attached hydrogen (secondary N) is 1. The molecule has 0 bridgehead atoms. The highest BCUT2D eigenvalue weighted by Crippen LogP contribution is 2.27. The standard InChI is InChI=1S/C19H21NO4S/c1-3-17(25-15-7-5-4-6-8-15)19(23)20-16-10-9-14(11-13(16)2)24-12-18(21)22/h4-11,17H,3,12H2,1-2H3,(H,20,23)(H,21,22). The highest BCUT2D eigenvalue weighted by Gasteiger charge is 2.18. The van der Waals surface area contributed by atoms with Crippen LogP contribution in [0.15, 0.2) is 53.4 Å². The van der Waals surface area contributed by atoms with Crippen LogP contribution in [0.3, 0.4) is 0 Å². The normalized spacial score (nSPS) is 11.6. The molecule has 1 unspecified atom stereocenters. The van der Waals surface area contributed by atoms with Gasteiger partial charge >= 0.3 is 5.97 Å². The number of hydrogen-bond donors (Lipinski definition) is 2. The quantitative estimate of drug-likeness (QED) is 0.698. The zero-order valence-electron chi connectivity index (χ0n) is 14.2. The molecule has 0 aromatic heterocycles. The molecule has 2 N–H and O–H groups in total. The highest BCUT2D eigenvalue weighted by atomic mass is 32.2. The average molecular weight is 359 g/mol. The molecule has 0 spiro atoms. The lowest BCUT2D eigenvalue weighted by molar-refractivity contribution is -0.139. The van der Waals surface area contributed by atoms with Gasteiger partial charge < -0.3 is 15.2 Å². The molecular formula is C19H21NO4S. The largest absolute Gasteiger partial charge is 0.482 e. The zero-order chi connectivity index (χ0) is 18.2. The molecule has 0 saturated carbocycles. The fourth-order valence-electron chi connectivity index (χ4n) is 2.21. The molecule has 0 aliphatic rings. The molecule has 0 aliphatic heterocycles. The number of thioether (sulfide) groups is 1. The summed E-state index contributed by atoms with van der Waals surface area (Å²) in [7, 11) is 0. The van der Waals surface area contributed by atoms with E-state index in [9.17, 15) is 9.59 Å². The molecule has 0 fully saturated rings. The Labute approximate surface area is 151 Å². The van der Waals surface area contributed by atoms with Gasteiger partial charge in [0.1, 0.15) is 5.75 Å². The predicted octanol–water partition coefficient (Wildman–Crippen LogP) is 3.97. The van der Waals surface area contributed by atoms with Crippen LogP contribution in [0, 0.1) is 6.92 Å². The number of carboxylic acids is 1. The first-order valence-corrected chi connectivity index (χ1v) is 8.85. The summed E-state index contributed by atoms with van der Waals surface area (Å²) in [5, 5.41) is 11.4. The summed E-state index contributed by atoms with van der Waals surface area (Å²) in [5.74, 6) is -0.624. The van der Waals surface area contributed by atoms with E-state index >= 15 is 0 Å². The number of carboxylic acid groups (broad SMARTS) is 1. The molecule has 1 atom stereocenters. The van der Waals surface area contributed by atoms with E-state index in [1.807, 2.05) is 44.2 Å². The molecule has 5 nitrogen and oxygen atoms in total. The number of carbonyl (C=O) groups is 2. The van der Waals surface area contributed by atoms with E-state index in [-0.39, 0.29) is 11.2 Å². The van der Waals surface area contributed by atoms with Crippen molar-refractivity contribution in [3.63, 3.8) is 0 Å². The zero-order valence-corrected chi connectivity index (χ0v) is 15.0. The Bertz CT molecular complexity index is 733. The lowest BCUT2D eigenvalue weighted by Gasteiger charge is -2.16. The SMILES string of the molecule is CCC(Sc1ccccc1)C(=O)Nc1ccc(OCC(=O)O)cc1C. The van der Waals surface area contributed by atoms with Crippen LogP contribution in [-0.4, -0.2) is 28.8 Å². The van der Waals surface area contributed by atoms with Gasteiger partial charge in [-0.25, -0.2) is 4.79 Å². The van der Waals surface area contributed by atoms with Crippen LogP contribution in [0.25, 0.3) is 0 Å². The highest BCUT2D eigenvalue weighted by molar-refractivity contribution is 8.00. The Morgan fingerprint density at radius 3 is 2.52 bits per heavy atom. The van der Waals surface area contributed by atoms with Gasteiger partial charge in [0.25, 0.3) is 0 Å². The number of aryl methyl sites for hydroxylation is 1. The third-order valence-corrected chi connectivity index (χ3v) is 4.88. The molecule has 1 amide bonds. The summed E-state index contributed by atoms with van der Waals surface area (Å²) in [5.41, 5.74) is 1.51. The van der Waals surface area contributed by atoms with Gasteiger partial charge in [-0.05, 0) is 49.2 Å². The lowest BCUT2D eigenvalue weighted by Crippen LogP contribution is -2.24. The van der Waals surface area contributed by atoms with Crippen molar-refractivity contribution in [3.8, 4) is 5.75 Å². The molecular weight excluding hydrogens is 338 g/mol. The number of ether oxygens (including phenoxy) is 1. The molecule has 132 valence electrons. The van der Waals surface area contributed by atoms with Crippen LogP contribution in [0.4, 0.5) is 5.69 Å². The summed E-state index contributed by atoms with van der Waals surface area (Å²) >= 11 is 1.53. The molecule has 0 aliphatic carbocycles. The summed E-state index contributed by atoms with van der Waals surface area (Å²) in [4.78, 5) is 24.2. The number of rotatable bonds is 8. The fraction of sp³-hybridized carbons (Fsp3) is 0.263. The molecule has 2 aromatic rings. The van der Waals surface area contributed by atoms with Gasteiger partial charge in [0.05, 0.1) is 5.25 Å². The summed E-state index contributed by atoms with van der Waals surface area (Å²) < 4.78 is 5.14. The Morgan fingerprint density at radius 2 is 1.92 bits per heavy atom. The van der Waals surface area contributed by atoms with Crippen molar-refractivity contribution in [2.75, 3.05) is 11.9 Å². The molecule has 6 heteroatoms. The van der Waals surface area contributed by atoms with Crippen LogP contribution < -0.4 is 10.1 Å². The van der Waals surface area contributed by atoms with Gasteiger partial charge in [-0.15, -0.1) is 11.8 Å². The van der Waals surface area contributed by atoms with Crippen LogP contribution in [-0.2, 0) is 9.59 Å². The van der Waals surface area contributed by atoms with Crippen LogP contribution in [0.5, 0.6) is 5.75 Å². The molecule has 0 radical (unpaired) electrons. The van der Waals surface area contributed by atoms with E-state index in [1.165, 1.54) is 11.8 Å². The maximum absolute atomic E-state index is 12.6. The smallest absolute Gasteiger partial charge is 0.341 e. The fourth-order valence-corrected chi connectivity index (χ4v) is 3.19. The second-order valence-corrected chi connectivity index (χ2v) is 6.75. The number of carbonyl (C=O) groups excluding carboxylic acids is 1. The maximum atomic E-state index is 12.6. The minimum atomic E-state index is -1.03. The van der Waals surface area contributed by atoms with Gasteiger partial charge in [0, 0.05) is 10.6 Å². The molecule has 0 heterocycles. The first-order valence-electron chi connectivity index (χ1n) is 7.97. The Balaban J connectivity index is 2.01. The van der Waals surface area contributed by atoms with Crippen molar-refractivity contribution in [2.45, 2.75) is 30.4 Å². The van der Waals surface area contributed by atoms with Crippen LogP contribution in [0.1, 0.15) is 18.9 Å². The summed E-state index contributed by atoms with van der Waals surface area (Å²) in [6.45, 7) is 3.43. The van der Waals surface area contributed by atoms with Crippen molar-refractivity contribution in [1.29, 1.82) is 0 Å². The van der Waals surface area contributed by atoms with E-state index in [1.54, 1.807) is 18.2 Å². The van der Waals surface area contributed by atoms with Crippen molar-refractivity contribution < 1.29 is 19.4 Å². The van der Waals surface area contributed by atoms with Gasteiger partial charge in [-0.2, -0.15) is 0 Å². The Kier molecular flexibility index (Phi) is 6.89. The number of amides is 1. The number of benzene rings is 2. The number of aliphatic carboxylic acids is 1. The Morgan fingerprint density at radius 1 is 1.20 bits per heavy atom. The van der Waals surface area contributed by atoms with Crippen molar-refractivity contribution in [2.24, 2.45) is 0 Å². The van der Waals surface area contributed by atoms with E-state index in [2.05, 4.69) is 5.32 Å². The van der Waals surface area contributed by atoms with Crippen molar-refractivity contribution >= 4 is 29.3 Å². The average Bonchev–Trinajstić information content (AvgIpc) is 2.60. The number of hydrogen-bond acceptors (Lipinski definition) is 4. The monoisotopic (exact) mass is 359 g/mol. The molecule has 0 saturated heterocycles. The second-order valence-electron chi connectivity index (χ2n) is 5.48. The lowest BCUT2D eigenvalue weighted by atomic mass is 10.2. The van der Waals surface area contributed by atoms with Gasteiger partial charge in [0.2, 0.25) is 5.91 Å². The van der Waals surface area contributed by atoms with E-state index in [0.717, 1.165) is 10.5 Å².